The summed E-state index contributed by atoms with van der Waals surface area (Å²) in [7, 11) is 0. The van der Waals surface area contributed by atoms with Crippen LogP contribution in [0.5, 0.6) is 0 Å². The van der Waals surface area contributed by atoms with Crippen LogP contribution in [-0.4, -0.2) is 17.6 Å². The summed E-state index contributed by atoms with van der Waals surface area (Å²) in [5, 5.41) is -0.131. The van der Waals surface area contributed by atoms with Gasteiger partial charge in [0.25, 0.3) is 5.91 Å². The van der Waals surface area contributed by atoms with Gasteiger partial charge in [-0.25, -0.2) is 0 Å². The average Bonchev–Trinajstić information content (AvgIpc) is 1.82. The van der Waals surface area contributed by atoms with Crippen LogP contribution in [0, 0.1) is 5.92 Å². The smallest absolute Gasteiger partial charge is 0.295 e. The van der Waals surface area contributed by atoms with Gasteiger partial charge in [0.2, 0.25) is 5.05 Å². The highest BCUT2D eigenvalue weighted by molar-refractivity contribution is 7.81. The largest absolute Gasteiger partial charge is 0.479 e. The third-order valence-corrected chi connectivity index (χ3v) is 1.07. The quantitative estimate of drug-likeness (QED) is 0.599. The number of hydrogen-bond donors (Lipinski definition) is 1. The van der Waals surface area contributed by atoms with Crippen LogP contribution in [0.1, 0.15) is 13.8 Å². The first-order chi connectivity index (χ1) is 4.54. The Morgan fingerprint density at radius 3 is 2.50 bits per heavy atom. The van der Waals surface area contributed by atoms with E-state index in [0.29, 0.717) is 12.5 Å². The van der Waals surface area contributed by atoms with Gasteiger partial charge in [-0.05, 0) is 18.1 Å². The Morgan fingerprint density at radius 2 is 2.20 bits per heavy atom. The maximum atomic E-state index is 10.3. The maximum Gasteiger partial charge on any atom is 0.295 e. The molecule has 0 spiro atoms. The van der Waals surface area contributed by atoms with E-state index in [-0.39, 0.29) is 5.05 Å². The lowest BCUT2D eigenvalue weighted by Gasteiger charge is -2.05. The molecule has 0 unspecified atom stereocenters. The SMILES string of the molecule is CC(C)COC(=S)C(N)=O. The Morgan fingerprint density at radius 1 is 1.70 bits per heavy atom. The number of amides is 1. The van der Waals surface area contributed by atoms with Gasteiger partial charge >= 0.3 is 0 Å². The monoisotopic (exact) mass is 161 g/mol. The fourth-order valence-electron chi connectivity index (χ4n) is 0.313. The van der Waals surface area contributed by atoms with E-state index in [1.165, 1.54) is 0 Å². The number of rotatable bonds is 2. The minimum Gasteiger partial charge on any atom is -0.479 e. The molecule has 58 valence electrons. The number of carbonyl (C=O) groups excluding carboxylic acids is 1. The second-order valence-corrected chi connectivity index (χ2v) is 2.73. The number of nitrogens with two attached hydrogens (primary N) is 1. The predicted molar refractivity (Wildman–Crippen MR) is 42.6 cm³/mol. The van der Waals surface area contributed by atoms with E-state index < -0.39 is 5.91 Å². The van der Waals surface area contributed by atoms with Crippen molar-refractivity contribution >= 4 is 23.2 Å². The van der Waals surface area contributed by atoms with Crippen LogP contribution >= 0.6 is 12.2 Å². The summed E-state index contributed by atoms with van der Waals surface area (Å²) < 4.78 is 4.82. The lowest BCUT2D eigenvalue weighted by Crippen LogP contribution is -2.24. The fraction of sp³-hybridized carbons (Fsp3) is 0.667. The summed E-state index contributed by atoms with van der Waals surface area (Å²) in [5.41, 5.74) is 4.82. The zero-order valence-electron chi connectivity index (χ0n) is 6.09. The molecular formula is C6H11NO2S. The molecule has 0 radical (unpaired) electrons. The number of primary amides is 1. The number of hydrogen-bond acceptors (Lipinski definition) is 3. The predicted octanol–water partition coefficient (Wildman–Crippen LogP) is 0.472. The highest BCUT2D eigenvalue weighted by Gasteiger charge is 2.04. The molecule has 4 heteroatoms. The van der Waals surface area contributed by atoms with Crippen LogP contribution in [0.2, 0.25) is 0 Å². The molecule has 0 rings (SSSR count). The van der Waals surface area contributed by atoms with Gasteiger partial charge in [0.15, 0.2) is 0 Å². The van der Waals surface area contributed by atoms with Gasteiger partial charge in [-0.2, -0.15) is 0 Å². The van der Waals surface area contributed by atoms with Gasteiger partial charge in [0, 0.05) is 0 Å². The van der Waals surface area contributed by atoms with Gasteiger partial charge < -0.3 is 10.5 Å². The molecule has 0 saturated carbocycles. The molecule has 0 aromatic carbocycles. The molecule has 0 aliphatic heterocycles. The number of ether oxygens (including phenoxy) is 1. The van der Waals surface area contributed by atoms with Crippen LogP contribution in [0.15, 0.2) is 0 Å². The van der Waals surface area contributed by atoms with E-state index in [1.807, 2.05) is 13.8 Å². The van der Waals surface area contributed by atoms with Gasteiger partial charge in [-0.15, -0.1) is 0 Å². The molecule has 2 N–H and O–H groups in total. The molecule has 0 saturated heterocycles. The first kappa shape index (κ1) is 9.36. The Labute approximate surface area is 65.5 Å². The molecule has 3 nitrogen and oxygen atoms in total. The maximum absolute atomic E-state index is 10.3. The standard InChI is InChI=1S/C6H11NO2S/c1-4(2)3-9-6(10)5(7)8/h4H,3H2,1-2H3,(H2,7,8). The molecule has 0 atom stereocenters. The van der Waals surface area contributed by atoms with Crippen molar-refractivity contribution in [1.29, 1.82) is 0 Å². The van der Waals surface area contributed by atoms with Crippen molar-refractivity contribution in [3.63, 3.8) is 0 Å². The van der Waals surface area contributed by atoms with Crippen molar-refractivity contribution in [1.82, 2.24) is 0 Å². The summed E-state index contributed by atoms with van der Waals surface area (Å²) in [6.07, 6.45) is 0. The van der Waals surface area contributed by atoms with Crippen molar-refractivity contribution in [3.8, 4) is 0 Å². The normalized spacial score (nSPS) is 9.50. The third kappa shape index (κ3) is 4.26. The molecular weight excluding hydrogens is 150 g/mol. The summed E-state index contributed by atoms with van der Waals surface area (Å²) in [6.45, 7) is 4.37. The van der Waals surface area contributed by atoms with Crippen LogP contribution in [0.3, 0.4) is 0 Å². The second-order valence-electron chi connectivity index (χ2n) is 2.36. The summed E-state index contributed by atoms with van der Waals surface area (Å²) in [5.74, 6) is -0.312. The molecule has 0 fully saturated rings. The topological polar surface area (TPSA) is 52.3 Å². The summed E-state index contributed by atoms with van der Waals surface area (Å²) in [6, 6.07) is 0. The van der Waals surface area contributed by atoms with Gasteiger partial charge in [0.1, 0.15) is 0 Å². The number of thiocarbonyl (C=S) groups is 1. The summed E-state index contributed by atoms with van der Waals surface area (Å²) in [4.78, 5) is 10.3. The van der Waals surface area contributed by atoms with Crippen LogP contribution < -0.4 is 5.73 Å². The van der Waals surface area contributed by atoms with Gasteiger partial charge in [-0.3, -0.25) is 4.79 Å². The lowest BCUT2D eigenvalue weighted by molar-refractivity contribution is -0.113. The van der Waals surface area contributed by atoms with Crippen LogP contribution in [0.4, 0.5) is 0 Å². The Bertz CT molecular complexity index is 145. The van der Waals surface area contributed by atoms with Crippen molar-refractivity contribution in [2.24, 2.45) is 11.7 Å². The van der Waals surface area contributed by atoms with Crippen molar-refractivity contribution < 1.29 is 9.53 Å². The first-order valence-electron chi connectivity index (χ1n) is 3.00. The van der Waals surface area contributed by atoms with E-state index in [1.54, 1.807) is 0 Å². The highest BCUT2D eigenvalue weighted by Crippen LogP contribution is 1.93. The van der Waals surface area contributed by atoms with Crippen LogP contribution in [0.25, 0.3) is 0 Å². The highest BCUT2D eigenvalue weighted by atomic mass is 32.1. The summed E-state index contributed by atoms with van der Waals surface area (Å²) >= 11 is 4.50. The van der Waals surface area contributed by atoms with Gasteiger partial charge in [-0.1, -0.05) is 13.8 Å². The molecule has 0 aromatic heterocycles. The van der Waals surface area contributed by atoms with Crippen molar-refractivity contribution in [3.05, 3.63) is 0 Å². The minimum atomic E-state index is -0.671. The fourth-order valence-corrected chi connectivity index (χ4v) is 0.382. The third-order valence-electron chi connectivity index (χ3n) is 0.749. The second kappa shape index (κ2) is 4.22. The Balaban J connectivity index is 3.50. The Hall–Kier alpha value is -0.640. The molecule has 1 amide bonds. The number of carbonyl (C=O) groups is 1. The van der Waals surface area contributed by atoms with Crippen molar-refractivity contribution in [2.45, 2.75) is 13.8 Å². The van der Waals surface area contributed by atoms with E-state index in [0.717, 1.165) is 0 Å². The van der Waals surface area contributed by atoms with Gasteiger partial charge in [0.05, 0.1) is 6.61 Å². The van der Waals surface area contributed by atoms with E-state index >= 15 is 0 Å². The molecule has 0 aliphatic carbocycles. The zero-order chi connectivity index (χ0) is 8.15. The molecule has 0 bridgehead atoms. The first-order valence-corrected chi connectivity index (χ1v) is 3.41. The van der Waals surface area contributed by atoms with Crippen LogP contribution in [-0.2, 0) is 9.53 Å². The minimum absolute atomic E-state index is 0.131. The lowest BCUT2D eigenvalue weighted by atomic mass is 10.2. The average molecular weight is 161 g/mol. The Kier molecular flexibility index (Phi) is 3.95. The van der Waals surface area contributed by atoms with Crippen molar-refractivity contribution in [2.75, 3.05) is 6.61 Å². The molecule has 10 heavy (non-hydrogen) atoms. The van der Waals surface area contributed by atoms with E-state index in [9.17, 15) is 4.79 Å². The molecule has 0 aromatic rings. The van der Waals surface area contributed by atoms with E-state index in [2.05, 4.69) is 12.2 Å². The molecule has 0 aliphatic rings. The zero-order valence-corrected chi connectivity index (χ0v) is 6.90. The van der Waals surface area contributed by atoms with E-state index in [4.69, 9.17) is 10.5 Å². The molecule has 0 heterocycles.